The Hall–Kier alpha value is -1.88. The molecule has 0 bridgehead atoms. The van der Waals surface area contributed by atoms with Crippen LogP contribution in [0.15, 0.2) is 24.3 Å². The highest BCUT2D eigenvalue weighted by Gasteiger charge is 2.22. The average molecular weight is 333 g/mol. The molecule has 1 fully saturated rings. The molecule has 1 aromatic carbocycles. The van der Waals surface area contributed by atoms with Gasteiger partial charge in [-0.25, -0.2) is 4.79 Å². The molecule has 1 saturated carbocycles. The smallest absolute Gasteiger partial charge is 0.338 e. The number of methoxy groups -OCH3 is 1. The molecule has 0 spiro atoms. The minimum absolute atomic E-state index is 0.200. The van der Waals surface area contributed by atoms with Gasteiger partial charge in [0.15, 0.2) is 6.10 Å². The van der Waals surface area contributed by atoms with Gasteiger partial charge in [-0.1, -0.05) is 37.8 Å². The van der Waals surface area contributed by atoms with Gasteiger partial charge in [0.1, 0.15) is 0 Å². The van der Waals surface area contributed by atoms with E-state index < -0.39 is 12.1 Å². The zero-order chi connectivity index (χ0) is 17.4. The molecule has 1 aromatic rings. The number of nitrogens with one attached hydrogen (secondary N) is 1. The molecule has 24 heavy (non-hydrogen) atoms. The van der Waals surface area contributed by atoms with Crippen LogP contribution in [0.5, 0.6) is 0 Å². The van der Waals surface area contributed by atoms with Crippen LogP contribution >= 0.6 is 0 Å². The first-order valence-electron chi connectivity index (χ1n) is 8.69. The van der Waals surface area contributed by atoms with Gasteiger partial charge in [0.2, 0.25) is 0 Å². The van der Waals surface area contributed by atoms with E-state index in [-0.39, 0.29) is 11.9 Å². The molecule has 0 aliphatic heterocycles. The largest absolute Gasteiger partial charge is 0.449 e. The van der Waals surface area contributed by atoms with Crippen molar-refractivity contribution in [1.82, 2.24) is 5.32 Å². The van der Waals surface area contributed by atoms with Crippen molar-refractivity contribution in [2.75, 3.05) is 7.11 Å². The summed E-state index contributed by atoms with van der Waals surface area (Å²) in [4.78, 5) is 24.5. The fourth-order valence-electron chi connectivity index (χ4n) is 2.98. The van der Waals surface area contributed by atoms with Gasteiger partial charge in [0.05, 0.1) is 12.2 Å². The van der Waals surface area contributed by atoms with Crippen molar-refractivity contribution in [2.45, 2.75) is 64.2 Å². The van der Waals surface area contributed by atoms with Crippen LogP contribution in [0.1, 0.15) is 61.4 Å². The monoisotopic (exact) mass is 333 g/mol. The fraction of sp³-hybridized carbons (Fsp3) is 0.579. The summed E-state index contributed by atoms with van der Waals surface area (Å²) in [5, 5.41) is 3.01. The third-order valence-corrected chi connectivity index (χ3v) is 4.33. The molecule has 132 valence electrons. The van der Waals surface area contributed by atoms with Gasteiger partial charge in [-0.05, 0) is 37.5 Å². The Balaban J connectivity index is 1.88. The van der Waals surface area contributed by atoms with Gasteiger partial charge in [-0.2, -0.15) is 0 Å². The lowest BCUT2D eigenvalue weighted by molar-refractivity contribution is -0.129. The van der Waals surface area contributed by atoms with Crippen molar-refractivity contribution >= 4 is 11.9 Å². The minimum Gasteiger partial charge on any atom is -0.449 e. The van der Waals surface area contributed by atoms with E-state index in [4.69, 9.17) is 9.47 Å². The topological polar surface area (TPSA) is 64.6 Å². The standard InChI is InChI=1S/C19H27NO4/c1-14(18(21)20-17-10-5-3-4-6-11-17)24-19(22)16-9-7-8-15(12-16)13-23-2/h7-9,12,14,17H,3-6,10-11,13H2,1-2H3,(H,20,21)/t14-/m0/s1. The summed E-state index contributed by atoms with van der Waals surface area (Å²) < 4.78 is 10.4. The maximum Gasteiger partial charge on any atom is 0.338 e. The average Bonchev–Trinajstić information content (AvgIpc) is 2.84. The summed E-state index contributed by atoms with van der Waals surface area (Å²) >= 11 is 0. The Morgan fingerprint density at radius 3 is 2.58 bits per heavy atom. The molecular weight excluding hydrogens is 306 g/mol. The number of benzene rings is 1. The van der Waals surface area contributed by atoms with Crippen LogP contribution in [-0.2, 0) is 20.9 Å². The van der Waals surface area contributed by atoms with Gasteiger partial charge >= 0.3 is 5.97 Å². The maximum atomic E-state index is 12.3. The Bertz CT molecular complexity index is 550. The van der Waals surface area contributed by atoms with Crippen LogP contribution in [0, 0.1) is 0 Å². The summed E-state index contributed by atoms with van der Waals surface area (Å²) in [5.41, 5.74) is 1.32. The Morgan fingerprint density at radius 1 is 1.21 bits per heavy atom. The van der Waals surface area contributed by atoms with Gasteiger partial charge in [-0.3, -0.25) is 4.79 Å². The lowest BCUT2D eigenvalue weighted by Gasteiger charge is -2.19. The molecule has 0 saturated heterocycles. The first-order chi connectivity index (χ1) is 11.6. The molecule has 5 heteroatoms. The highest BCUT2D eigenvalue weighted by molar-refractivity contribution is 5.92. The number of rotatable bonds is 6. The molecule has 5 nitrogen and oxygen atoms in total. The van der Waals surface area contributed by atoms with Crippen LogP contribution in [0.3, 0.4) is 0 Å². The van der Waals surface area contributed by atoms with Crippen LogP contribution in [-0.4, -0.2) is 31.1 Å². The van der Waals surface area contributed by atoms with Crippen LogP contribution in [0.25, 0.3) is 0 Å². The van der Waals surface area contributed by atoms with Crippen molar-refractivity contribution in [3.05, 3.63) is 35.4 Å². The molecule has 1 N–H and O–H groups in total. The maximum absolute atomic E-state index is 12.3. The first kappa shape index (κ1) is 18.5. The third-order valence-electron chi connectivity index (χ3n) is 4.33. The van der Waals surface area contributed by atoms with E-state index in [9.17, 15) is 9.59 Å². The molecule has 2 rings (SSSR count). The predicted molar refractivity (Wildman–Crippen MR) is 91.7 cm³/mol. The van der Waals surface area contributed by atoms with Crippen molar-refractivity contribution < 1.29 is 19.1 Å². The van der Waals surface area contributed by atoms with Crippen molar-refractivity contribution in [2.24, 2.45) is 0 Å². The molecule has 0 aromatic heterocycles. The highest BCUT2D eigenvalue weighted by atomic mass is 16.5. The molecule has 1 aliphatic rings. The Labute approximate surface area is 143 Å². The van der Waals surface area contributed by atoms with Gasteiger partial charge in [-0.15, -0.1) is 0 Å². The Kier molecular flexibility index (Phi) is 7.25. The third kappa shape index (κ3) is 5.64. The molecule has 1 atom stereocenters. The van der Waals surface area contributed by atoms with Crippen molar-refractivity contribution in [3.63, 3.8) is 0 Å². The van der Waals surface area contributed by atoms with Crippen LogP contribution < -0.4 is 5.32 Å². The number of hydrogen-bond donors (Lipinski definition) is 1. The molecular formula is C19H27NO4. The van der Waals surface area contributed by atoms with Crippen LogP contribution in [0.2, 0.25) is 0 Å². The van der Waals surface area contributed by atoms with E-state index in [1.54, 1.807) is 32.2 Å². The lowest BCUT2D eigenvalue weighted by atomic mass is 10.1. The molecule has 1 amide bonds. The molecule has 1 aliphatic carbocycles. The fourth-order valence-corrected chi connectivity index (χ4v) is 2.98. The molecule has 0 heterocycles. The molecule has 0 unspecified atom stereocenters. The minimum atomic E-state index is -0.799. The number of esters is 1. The van der Waals surface area contributed by atoms with Crippen LogP contribution in [0.4, 0.5) is 0 Å². The predicted octanol–water partition coefficient (Wildman–Crippen LogP) is 3.22. The van der Waals surface area contributed by atoms with Crippen molar-refractivity contribution in [1.29, 1.82) is 0 Å². The van der Waals surface area contributed by atoms with E-state index >= 15 is 0 Å². The quantitative estimate of drug-likeness (QED) is 0.641. The zero-order valence-corrected chi connectivity index (χ0v) is 14.5. The number of carbonyl (C=O) groups is 2. The van der Waals surface area contributed by atoms with Gasteiger partial charge in [0.25, 0.3) is 5.91 Å². The summed E-state index contributed by atoms with van der Waals surface area (Å²) in [6.45, 7) is 2.04. The normalized spacial score (nSPS) is 16.9. The second kappa shape index (κ2) is 9.42. The summed E-state index contributed by atoms with van der Waals surface area (Å²) in [5.74, 6) is -0.709. The second-order valence-corrected chi connectivity index (χ2v) is 6.38. The number of ether oxygens (including phenoxy) is 2. The summed E-state index contributed by atoms with van der Waals surface area (Å²) in [7, 11) is 1.60. The zero-order valence-electron chi connectivity index (χ0n) is 14.5. The van der Waals surface area contributed by atoms with Gasteiger partial charge < -0.3 is 14.8 Å². The van der Waals surface area contributed by atoms with E-state index in [2.05, 4.69) is 5.32 Å². The molecule has 0 radical (unpaired) electrons. The number of carbonyl (C=O) groups excluding carboxylic acids is 2. The summed E-state index contributed by atoms with van der Waals surface area (Å²) in [6, 6.07) is 7.26. The SMILES string of the molecule is COCc1cccc(C(=O)O[C@@H](C)C(=O)NC2CCCCCC2)c1. The second-order valence-electron chi connectivity index (χ2n) is 6.38. The lowest BCUT2D eigenvalue weighted by Crippen LogP contribution is -2.41. The number of amides is 1. The van der Waals surface area contributed by atoms with Gasteiger partial charge in [0, 0.05) is 13.2 Å². The highest BCUT2D eigenvalue weighted by Crippen LogP contribution is 2.17. The Morgan fingerprint density at radius 2 is 1.92 bits per heavy atom. The first-order valence-corrected chi connectivity index (χ1v) is 8.69. The van der Waals surface area contributed by atoms with E-state index in [0.29, 0.717) is 12.2 Å². The van der Waals surface area contributed by atoms with Crippen molar-refractivity contribution in [3.8, 4) is 0 Å². The van der Waals surface area contributed by atoms with E-state index in [0.717, 1.165) is 31.2 Å². The summed E-state index contributed by atoms with van der Waals surface area (Å²) in [6.07, 6.45) is 5.96. The number of hydrogen-bond acceptors (Lipinski definition) is 4. The van der Waals surface area contributed by atoms with E-state index in [1.165, 1.54) is 12.8 Å². The van der Waals surface area contributed by atoms with E-state index in [1.807, 2.05) is 6.07 Å².